The summed E-state index contributed by atoms with van der Waals surface area (Å²) in [5, 5.41) is 0. The summed E-state index contributed by atoms with van der Waals surface area (Å²) in [6.07, 6.45) is 0. The van der Waals surface area contributed by atoms with Gasteiger partial charge in [-0.2, -0.15) is 0 Å². The lowest BCUT2D eigenvalue weighted by molar-refractivity contribution is 0.630. The molecule has 0 amide bonds. The van der Waals surface area contributed by atoms with E-state index in [4.69, 9.17) is 5.73 Å². The van der Waals surface area contributed by atoms with Gasteiger partial charge in [0.05, 0.1) is 5.69 Å². The molecule has 0 spiro atoms. The van der Waals surface area contributed by atoms with Crippen molar-refractivity contribution in [1.29, 1.82) is 0 Å². The lowest BCUT2D eigenvalue weighted by atomic mass is 10.3. The van der Waals surface area contributed by atoms with Crippen molar-refractivity contribution >= 4 is 50.9 Å². The standard InChI is InChI=1S/C6H4FI2N/c7-4-1-3(8)2-5(9)6(4)10/h1-2H,10H2. The average Bonchev–Trinajstić information content (AvgIpc) is 1.82. The molecule has 2 N–H and O–H groups in total. The first-order valence-corrected chi connectivity index (χ1v) is 4.67. The quantitative estimate of drug-likeness (QED) is 0.557. The van der Waals surface area contributed by atoms with Crippen molar-refractivity contribution < 1.29 is 4.39 Å². The van der Waals surface area contributed by atoms with Crippen LogP contribution in [0.5, 0.6) is 0 Å². The Kier molecular flexibility index (Phi) is 2.73. The second kappa shape index (κ2) is 3.21. The summed E-state index contributed by atoms with van der Waals surface area (Å²) >= 11 is 4.05. The summed E-state index contributed by atoms with van der Waals surface area (Å²) < 4.78 is 14.3. The molecule has 0 aliphatic heterocycles. The summed E-state index contributed by atoms with van der Waals surface area (Å²) in [6.45, 7) is 0. The number of nitrogens with two attached hydrogens (primary N) is 1. The Morgan fingerprint density at radius 1 is 1.30 bits per heavy atom. The number of hydrogen-bond donors (Lipinski definition) is 1. The molecule has 10 heavy (non-hydrogen) atoms. The van der Waals surface area contributed by atoms with E-state index in [0.717, 1.165) is 7.14 Å². The van der Waals surface area contributed by atoms with E-state index >= 15 is 0 Å². The van der Waals surface area contributed by atoms with E-state index in [1.165, 1.54) is 6.07 Å². The molecule has 0 bridgehead atoms. The minimum absolute atomic E-state index is 0.237. The highest BCUT2D eigenvalue weighted by atomic mass is 127. The Balaban J connectivity index is 3.31. The second-order valence-electron chi connectivity index (χ2n) is 1.78. The zero-order valence-electron chi connectivity index (χ0n) is 4.87. The topological polar surface area (TPSA) is 26.0 Å². The van der Waals surface area contributed by atoms with Crippen LogP contribution in [-0.2, 0) is 0 Å². The highest BCUT2D eigenvalue weighted by Gasteiger charge is 2.02. The van der Waals surface area contributed by atoms with Gasteiger partial charge in [-0.05, 0) is 57.3 Å². The molecule has 0 atom stereocenters. The molecule has 4 heteroatoms. The largest absolute Gasteiger partial charge is 0.395 e. The van der Waals surface area contributed by atoms with Gasteiger partial charge in [0.2, 0.25) is 0 Å². The fourth-order valence-electron chi connectivity index (χ4n) is 0.553. The Bertz CT molecular complexity index is 239. The van der Waals surface area contributed by atoms with Gasteiger partial charge in [0.1, 0.15) is 5.82 Å². The van der Waals surface area contributed by atoms with Gasteiger partial charge in [0, 0.05) is 7.14 Å². The molecule has 1 rings (SSSR count). The predicted octanol–water partition coefficient (Wildman–Crippen LogP) is 2.62. The molecule has 0 heterocycles. The molecule has 1 nitrogen and oxygen atoms in total. The molecule has 0 aliphatic carbocycles. The van der Waals surface area contributed by atoms with Crippen LogP contribution < -0.4 is 5.73 Å². The summed E-state index contributed by atoms with van der Waals surface area (Å²) in [6, 6.07) is 3.25. The van der Waals surface area contributed by atoms with Gasteiger partial charge in [-0.3, -0.25) is 0 Å². The van der Waals surface area contributed by atoms with E-state index in [1.807, 2.05) is 51.2 Å². The second-order valence-corrected chi connectivity index (χ2v) is 4.19. The van der Waals surface area contributed by atoms with Crippen molar-refractivity contribution in [1.82, 2.24) is 0 Å². The Morgan fingerprint density at radius 3 is 2.40 bits per heavy atom. The van der Waals surface area contributed by atoms with Crippen LogP contribution in [0.1, 0.15) is 0 Å². The molecule has 1 aromatic rings. The van der Waals surface area contributed by atoms with Gasteiger partial charge in [-0.15, -0.1) is 0 Å². The van der Waals surface area contributed by atoms with Crippen molar-refractivity contribution in [3.8, 4) is 0 Å². The third kappa shape index (κ3) is 1.71. The first kappa shape index (κ1) is 8.51. The summed E-state index contributed by atoms with van der Waals surface area (Å²) in [5.41, 5.74) is 5.60. The molecule has 0 unspecified atom stereocenters. The Morgan fingerprint density at radius 2 is 1.90 bits per heavy atom. The van der Waals surface area contributed by atoms with Gasteiger partial charge < -0.3 is 5.73 Å². The first-order valence-electron chi connectivity index (χ1n) is 2.51. The number of rotatable bonds is 0. The van der Waals surface area contributed by atoms with Crippen molar-refractivity contribution in [3.63, 3.8) is 0 Å². The number of halogens is 3. The van der Waals surface area contributed by atoms with E-state index in [2.05, 4.69) is 0 Å². The third-order valence-electron chi connectivity index (χ3n) is 1.04. The zero-order chi connectivity index (χ0) is 7.72. The van der Waals surface area contributed by atoms with Crippen LogP contribution in [0.25, 0.3) is 0 Å². The fourth-order valence-corrected chi connectivity index (χ4v) is 2.33. The fraction of sp³-hybridized carbons (Fsp3) is 0. The Labute approximate surface area is 85.5 Å². The number of anilines is 1. The van der Waals surface area contributed by atoms with Gasteiger partial charge in [-0.1, -0.05) is 0 Å². The molecule has 0 saturated heterocycles. The lowest BCUT2D eigenvalue weighted by Crippen LogP contribution is -1.94. The number of hydrogen-bond acceptors (Lipinski definition) is 1. The van der Waals surface area contributed by atoms with Crippen LogP contribution in [0.2, 0.25) is 0 Å². The van der Waals surface area contributed by atoms with Crippen molar-refractivity contribution in [2.24, 2.45) is 0 Å². The van der Waals surface area contributed by atoms with Crippen LogP contribution in [0.3, 0.4) is 0 Å². The molecule has 0 saturated carbocycles. The third-order valence-corrected chi connectivity index (χ3v) is 2.56. The lowest BCUT2D eigenvalue weighted by Gasteiger charge is -1.99. The van der Waals surface area contributed by atoms with Gasteiger partial charge in [0.25, 0.3) is 0 Å². The average molecular weight is 363 g/mol. The van der Waals surface area contributed by atoms with E-state index in [9.17, 15) is 4.39 Å². The minimum atomic E-state index is -0.337. The smallest absolute Gasteiger partial charge is 0.148 e. The molecule has 0 fully saturated rings. The van der Waals surface area contributed by atoms with Crippen molar-refractivity contribution in [2.75, 3.05) is 5.73 Å². The Hall–Kier alpha value is 0.410. The van der Waals surface area contributed by atoms with Crippen LogP contribution in [0, 0.1) is 13.0 Å². The summed E-state index contributed by atoms with van der Waals surface area (Å²) in [7, 11) is 0. The number of nitrogen functional groups attached to an aromatic ring is 1. The van der Waals surface area contributed by atoms with E-state index in [1.54, 1.807) is 0 Å². The number of benzene rings is 1. The SMILES string of the molecule is Nc1c(F)cc(I)cc1I. The van der Waals surface area contributed by atoms with Gasteiger partial charge >= 0.3 is 0 Å². The monoisotopic (exact) mass is 363 g/mol. The van der Waals surface area contributed by atoms with Gasteiger partial charge in [-0.25, -0.2) is 4.39 Å². The summed E-state index contributed by atoms with van der Waals surface area (Å²) in [5.74, 6) is -0.337. The predicted molar refractivity (Wildman–Crippen MR) is 56.2 cm³/mol. The maximum Gasteiger partial charge on any atom is 0.148 e. The molecule has 54 valence electrons. The highest BCUT2D eigenvalue weighted by molar-refractivity contribution is 14.1. The molecule has 0 aromatic heterocycles. The molecule has 0 aliphatic rings. The molecular weight excluding hydrogens is 359 g/mol. The van der Waals surface area contributed by atoms with Crippen LogP contribution in [0.15, 0.2) is 12.1 Å². The molecular formula is C6H4FI2N. The maximum atomic E-state index is 12.7. The molecule has 0 radical (unpaired) electrons. The molecule has 1 aromatic carbocycles. The van der Waals surface area contributed by atoms with E-state index in [0.29, 0.717) is 0 Å². The van der Waals surface area contributed by atoms with Crippen LogP contribution in [-0.4, -0.2) is 0 Å². The van der Waals surface area contributed by atoms with E-state index < -0.39 is 0 Å². The maximum absolute atomic E-state index is 12.7. The zero-order valence-corrected chi connectivity index (χ0v) is 9.18. The highest BCUT2D eigenvalue weighted by Crippen LogP contribution is 2.21. The van der Waals surface area contributed by atoms with Crippen molar-refractivity contribution in [2.45, 2.75) is 0 Å². The van der Waals surface area contributed by atoms with Crippen LogP contribution in [0.4, 0.5) is 10.1 Å². The first-order chi connectivity index (χ1) is 4.61. The minimum Gasteiger partial charge on any atom is -0.395 e. The summed E-state index contributed by atoms with van der Waals surface area (Å²) in [4.78, 5) is 0. The van der Waals surface area contributed by atoms with Gasteiger partial charge in [0.15, 0.2) is 0 Å². The normalized spacial score (nSPS) is 9.90. The van der Waals surface area contributed by atoms with Crippen LogP contribution >= 0.6 is 45.2 Å². The van der Waals surface area contributed by atoms with E-state index in [-0.39, 0.29) is 11.5 Å². The van der Waals surface area contributed by atoms with Crippen molar-refractivity contribution in [3.05, 3.63) is 25.1 Å².